The minimum atomic E-state index is -3.28. The maximum absolute atomic E-state index is 12.4. The number of sulfonamides is 1. The average molecular weight is 357 g/mol. The van der Waals surface area contributed by atoms with E-state index >= 15 is 0 Å². The zero-order valence-electron chi connectivity index (χ0n) is 13.7. The summed E-state index contributed by atoms with van der Waals surface area (Å²) in [5, 5.41) is 2.63. The normalized spacial score (nSPS) is 18.4. The Morgan fingerprint density at radius 2 is 2.17 bits per heavy atom. The molecular formula is C15H23N3O5S. The second-order valence-corrected chi connectivity index (χ2v) is 7.67. The molecule has 8 nitrogen and oxygen atoms in total. The number of nitrogens with zero attached hydrogens (tertiary/aromatic N) is 1. The van der Waals surface area contributed by atoms with E-state index < -0.39 is 10.0 Å². The second kappa shape index (κ2) is 8.29. The summed E-state index contributed by atoms with van der Waals surface area (Å²) >= 11 is 0. The SMILES string of the molecule is CS(=O)(=O)NC[C@@H]1CCCCN1C(=O)CCNC(=O)c1ccco1. The summed E-state index contributed by atoms with van der Waals surface area (Å²) in [6, 6.07) is 3.03. The maximum Gasteiger partial charge on any atom is 0.286 e. The quantitative estimate of drug-likeness (QED) is 0.731. The number of nitrogens with one attached hydrogen (secondary N) is 2. The number of furan rings is 1. The largest absolute Gasteiger partial charge is 0.459 e. The molecule has 1 atom stereocenters. The molecule has 1 fully saturated rings. The van der Waals surface area contributed by atoms with Crippen LogP contribution in [0.5, 0.6) is 0 Å². The van der Waals surface area contributed by atoms with Crippen molar-refractivity contribution in [3.05, 3.63) is 24.2 Å². The van der Waals surface area contributed by atoms with Crippen LogP contribution >= 0.6 is 0 Å². The fraction of sp³-hybridized carbons (Fsp3) is 0.600. The molecule has 1 aliphatic heterocycles. The first-order valence-corrected chi connectivity index (χ1v) is 9.82. The van der Waals surface area contributed by atoms with Crippen molar-refractivity contribution < 1.29 is 22.4 Å². The van der Waals surface area contributed by atoms with Gasteiger partial charge in [-0.15, -0.1) is 0 Å². The van der Waals surface area contributed by atoms with Gasteiger partial charge in [-0.25, -0.2) is 13.1 Å². The smallest absolute Gasteiger partial charge is 0.286 e. The zero-order valence-corrected chi connectivity index (χ0v) is 14.5. The Morgan fingerprint density at radius 3 is 2.83 bits per heavy atom. The number of carbonyl (C=O) groups is 2. The van der Waals surface area contributed by atoms with Gasteiger partial charge >= 0.3 is 0 Å². The molecule has 0 spiro atoms. The van der Waals surface area contributed by atoms with Gasteiger partial charge in [0.2, 0.25) is 15.9 Å². The molecule has 134 valence electrons. The molecule has 0 unspecified atom stereocenters. The third-order valence-corrected chi connectivity index (χ3v) is 4.59. The first-order chi connectivity index (χ1) is 11.4. The molecule has 9 heteroatoms. The fourth-order valence-corrected chi connectivity index (χ4v) is 3.21. The molecule has 1 saturated heterocycles. The molecule has 2 rings (SSSR count). The number of hydrogen-bond acceptors (Lipinski definition) is 5. The van der Waals surface area contributed by atoms with E-state index in [0.29, 0.717) is 6.54 Å². The summed E-state index contributed by atoms with van der Waals surface area (Å²) in [4.78, 5) is 25.8. The highest BCUT2D eigenvalue weighted by molar-refractivity contribution is 7.88. The molecular weight excluding hydrogens is 334 g/mol. The lowest BCUT2D eigenvalue weighted by molar-refractivity contribution is -0.134. The number of rotatable bonds is 7. The molecule has 1 aliphatic rings. The van der Waals surface area contributed by atoms with Crippen molar-refractivity contribution in [2.75, 3.05) is 25.9 Å². The topological polar surface area (TPSA) is 109 Å². The van der Waals surface area contributed by atoms with Gasteiger partial charge in [0.15, 0.2) is 5.76 Å². The highest BCUT2D eigenvalue weighted by atomic mass is 32.2. The molecule has 2 N–H and O–H groups in total. The summed E-state index contributed by atoms with van der Waals surface area (Å²) in [6.45, 7) is 1.05. The molecule has 0 radical (unpaired) electrons. The molecule has 0 aromatic carbocycles. The predicted octanol–water partition coefficient (Wildman–Crippen LogP) is 0.330. The Hall–Kier alpha value is -1.87. The van der Waals surface area contributed by atoms with Crippen LogP contribution in [-0.4, -0.2) is 57.1 Å². The Balaban J connectivity index is 1.81. The van der Waals surface area contributed by atoms with E-state index in [1.807, 2.05) is 0 Å². The molecule has 2 amide bonds. The molecule has 0 bridgehead atoms. The van der Waals surface area contributed by atoms with Crippen LogP contribution < -0.4 is 10.0 Å². The molecule has 1 aromatic rings. The van der Waals surface area contributed by atoms with Crippen LogP contribution in [0.4, 0.5) is 0 Å². The van der Waals surface area contributed by atoms with Crippen molar-refractivity contribution in [2.24, 2.45) is 0 Å². The standard InChI is InChI=1S/C15H23N3O5S/c1-24(21,22)17-11-12-5-2-3-9-18(12)14(19)7-8-16-15(20)13-6-4-10-23-13/h4,6,10,12,17H,2-3,5,7-9,11H2,1H3,(H,16,20)/t12-/m0/s1. The Morgan fingerprint density at radius 1 is 1.38 bits per heavy atom. The van der Waals surface area contributed by atoms with Crippen LogP contribution in [0.15, 0.2) is 22.8 Å². The van der Waals surface area contributed by atoms with E-state index in [2.05, 4.69) is 10.0 Å². The molecule has 1 aromatic heterocycles. The summed E-state index contributed by atoms with van der Waals surface area (Å²) in [5.41, 5.74) is 0. The van der Waals surface area contributed by atoms with E-state index in [1.54, 1.807) is 17.0 Å². The molecule has 0 aliphatic carbocycles. The van der Waals surface area contributed by atoms with Crippen molar-refractivity contribution in [2.45, 2.75) is 31.7 Å². The van der Waals surface area contributed by atoms with Gasteiger partial charge in [0.25, 0.3) is 5.91 Å². The van der Waals surface area contributed by atoms with Gasteiger partial charge in [-0.2, -0.15) is 0 Å². The summed E-state index contributed by atoms with van der Waals surface area (Å²) < 4.78 is 29.9. The van der Waals surface area contributed by atoms with Crippen LogP contribution in [0, 0.1) is 0 Å². The molecule has 24 heavy (non-hydrogen) atoms. The van der Waals surface area contributed by atoms with E-state index in [-0.39, 0.29) is 43.1 Å². The van der Waals surface area contributed by atoms with Crippen molar-refractivity contribution in [1.82, 2.24) is 14.9 Å². The summed E-state index contributed by atoms with van der Waals surface area (Å²) in [5.74, 6) is -0.243. The van der Waals surface area contributed by atoms with Gasteiger partial charge < -0.3 is 14.6 Å². The number of likely N-dealkylation sites (tertiary alicyclic amines) is 1. The first-order valence-electron chi connectivity index (χ1n) is 7.92. The van der Waals surface area contributed by atoms with Crippen molar-refractivity contribution in [3.63, 3.8) is 0 Å². The van der Waals surface area contributed by atoms with Gasteiger partial charge in [-0.1, -0.05) is 0 Å². The molecule has 2 heterocycles. The van der Waals surface area contributed by atoms with E-state index in [9.17, 15) is 18.0 Å². The predicted molar refractivity (Wildman–Crippen MR) is 87.9 cm³/mol. The highest BCUT2D eigenvalue weighted by Crippen LogP contribution is 2.17. The van der Waals surface area contributed by atoms with E-state index in [1.165, 1.54) is 6.26 Å². The van der Waals surface area contributed by atoms with Crippen LogP contribution in [0.1, 0.15) is 36.2 Å². The van der Waals surface area contributed by atoms with E-state index in [0.717, 1.165) is 25.5 Å². The molecule has 0 saturated carbocycles. The number of amides is 2. The van der Waals surface area contributed by atoms with Crippen LogP contribution in [0.2, 0.25) is 0 Å². The minimum Gasteiger partial charge on any atom is -0.459 e. The van der Waals surface area contributed by atoms with Crippen LogP contribution in [0.3, 0.4) is 0 Å². The van der Waals surface area contributed by atoms with Gasteiger partial charge in [-0.3, -0.25) is 9.59 Å². The zero-order chi connectivity index (χ0) is 17.6. The minimum absolute atomic E-state index is 0.0882. The Bertz CT molecular complexity index is 657. The second-order valence-electron chi connectivity index (χ2n) is 5.84. The monoisotopic (exact) mass is 357 g/mol. The lowest BCUT2D eigenvalue weighted by atomic mass is 10.0. The van der Waals surface area contributed by atoms with Crippen LogP contribution in [-0.2, 0) is 14.8 Å². The van der Waals surface area contributed by atoms with Gasteiger partial charge in [0, 0.05) is 32.1 Å². The number of piperidine rings is 1. The lowest BCUT2D eigenvalue weighted by Crippen LogP contribution is -2.49. The van der Waals surface area contributed by atoms with Crippen LogP contribution in [0.25, 0.3) is 0 Å². The first kappa shape index (κ1) is 18.5. The Labute approximate surface area is 141 Å². The average Bonchev–Trinajstić information content (AvgIpc) is 3.07. The number of carbonyl (C=O) groups excluding carboxylic acids is 2. The Kier molecular flexibility index (Phi) is 6.38. The maximum atomic E-state index is 12.4. The third-order valence-electron chi connectivity index (χ3n) is 3.90. The van der Waals surface area contributed by atoms with Crippen molar-refractivity contribution in [3.8, 4) is 0 Å². The summed E-state index contributed by atoms with van der Waals surface area (Å²) in [7, 11) is -3.28. The van der Waals surface area contributed by atoms with Gasteiger partial charge in [0.05, 0.1) is 12.5 Å². The van der Waals surface area contributed by atoms with Crippen molar-refractivity contribution in [1.29, 1.82) is 0 Å². The van der Waals surface area contributed by atoms with E-state index in [4.69, 9.17) is 4.42 Å². The van der Waals surface area contributed by atoms with Gasteiger partial charge in [-0.05, 0) is 31.4 Å². The van der Waals surface area contributed by atoms with Crippen molar-refractivity contribution >= 4 is 21.8 Å². The number of hydrogen-bond donors (Lipinski definition) is 2. The third kappa shape index (κ3) is 5.64. The highest BCUT2D eigenvalue weighted by Gasteiger charge is 2.27. The summed E-state index contributed by atoms with van der Waals surface area (Å²) in [6.07, 6.45) is 5.32. The fourth-order valence-electron chi connectivity index (χ4n) is 2.71. The lowest BCUT2D eigenvalue weighted by Gasteiger charge is -2.36. The van der Waals surface area contributed by atoms with Gasteiger partial charge in [0.1, 0.15) is 0 Å².